The molecule has 0 fully saturated rings. The van der Waals surface area contributed by atoms with Crippen molar-refractivity contribution in [1.82, 2.24) is 9.97 Å². The van der Waals surface area contributed by atoms with Crippen LogP contribution in [0.15, 0.2) is 6.07 Å². The molecule has 0 atom stereocenters. The van der Waals surface area contributed by atoms with Gasteiger partial charge in [-0.1, -0.05) is 20.8 Å². The molecule has 0 aliphatic rings. The zero-order chi connectivity index (χ0) is 13.2. The summed E-state index contributed by atoms with van der Waals surface area (Å²) in [6, 6.07) is 2.25. The molecule has 0 aliphatic heterocycles. The molecular formula is C13H24N4. The third kappa shape index (κ3) is 3.32. The lowest BCUT2D eigenvalue weighted by Crippen LogP contribution is -2.32. The topological polar surface area (TPSA) is 55.0 Å². The minimum Gasteiger partial charge on any atom is -0.384 e. The average molecular weight is 236 g/mol. The Morgan fingerprint density at radius 2 is 1.88 bits per heavy atom. The molecule has 0 aliphatic carbocycles. The molecule has 0 spiro atoms. The van der Waals surface area contributed by atoms with E-state index in [9.17, 15) is 0 Å². The van der Waals surface area contributed by atoms with Gasteiger partial charge >= 0.3 is 0 Å². The molecule has 0 bridgehead atoms. The summed E-state index contributed by atoms with van der Waals surface area (Å²) in [5.74, 6) is 2.26. The van der Waals surface area contributed by atoms with Crippen LogP contribution in [0.3, 0.4) is 0 Å². The van der Waals surface area contributed by atoms with E-state index in [-0.39, 0.29) is 5.41 Å². The molecule has 1 rings (SSSR count). The molecule has 1 aromatic heterocycles. The van der Waals surface area contributed by atoms with Gasteiger partial charge in [0.1, 0.15) is 17.5 Å². The molecule has 1 aromatic rings. The Labute approximate surface area is 104 Å². The highest BCUT2D eigenvalue weighted by Crippen LogP contribution is 2.23. The van der Waals surface area contributed by atoms with Gasteiger partial charge in [0.15, 0.2) is 0 Å². The van der Waals surface area contributed by atoms with Gasteiger partial charge in [-0.25, -0.2) is 9.97 Å². The summed E-state index contributed by atoms with van der Waals surface area (Å²) in [6.45, 7) is 13.6. The van der Waals surface area contributed by atoms with Crippen molar-refractivity contribution < 1.29 is 0 Å². The Kier molecular flexibility index (Phi) is 3.96. The number of aromatic nitrogens is 2. The third-order valence-corrected chi connectivity index (χ3v) is 2.66. The Morgan fingerprint density at radius 3 is 2.29 bits per heavy atom. The maximum atomic E-state index is 5.87. The van der Waals surface area contributed by atoms with Gasteiger partial charge in [-0.3, -0.25) is 0 Å². The van der Waals surface area contributed by atoms with Crippen LogP contribution in [0.5, 0.6) is 0 Å². The molecule has 0 saturated carbocycles. The Hall–Kier alpha value is -1.32. The van der Waals surface area contributed by atoms with Crippen LogP contribution in [-0.4, -0.2) is 22.6 Å². The zero-order valence-corrected chi connectivity index (χ0v) is 11.8. The van der Waals surface area contributed by atoms with Crippen molar-refractivity contribution in [3.05, 3.63) is 11.9 Å². The van der Waals surface area contributed by atoms with E-state index in [0.29, 0.717) is 11.9 Å². The first-order valence-electron chi connectivity index (χ1n) is 6.17. The van der Waals surface area contributed by atoms with E-state index in [0.717, 1.165) is 18.2 Å². The highest BCUT2D eigenvalue weighted by atomic mass is 15.2. The molecule has 0 saturated heterocycles. The first-order chi connectivity index (χ1) is 7.75. The van der Waals surface area contributed by atoms with Gasteiger partial charge in [-0.15, -0.1) is 0 Å². The maximum Gasteiger partial charge on any atom is 0.138 e. The van der Waals surface area contributed by atoms with E-state index in [4.69, 9.17) is 5.73 Å². The van der Waals surface area contributed by atoms with Crippen molar-refractivity contribution in [3.63, 3.8) is 0 Å². The van der Waals surface area contributed by atoms with E-state index < -0.39 is 0 Å². The number of nitrogens with zero attached hydrogens (tertiary/aromatic N) is 3. The summed E-state index contributed by atoms with van der Waals surface area (Å²) in [5.41, 5.74) is 5.79. The van der Waals surface area contributed by atoms with Gasteiger partial charge in [0.25, 0.3) is 0 Å². The number of rotatable bonds is 3. The van der Waals surface area contributed by atoms with Crippen molar-refractivity contribution in [1.29, 1.82) is 0 Å². The van der Waals surface area contributed by atoms with E-state index in [2.05, 4.69) is 56.4 Å². The number of hydrogen-bond acceptors (Lipinski definition) is 4. The maximum absolute atomic E-state index is 5.87. The van der Waals surface area contributed by atoms with Gasteiger partial charge < -0.3 is 10.6 Å². The number of nitrogen functional groups attached to an aromatic ring is 1. The van der Waals surface area contributed by atoms with Crippen molar-refractivity contribution >= 4 is 11.6 Å². The highest BCUT2D eigenvalue weighted by Gasteiger charge is 2.20. The summed E-state index contributed by atoms with van der Waals surface area (Å²) in [5, 5.41) is 0. The van der Waals surface area contributed by atoms with Crippen LogP contribution in [0.2, 0.25) is 0 Å². The standard InChI is InChI=1S/C13H24N4/c1-7-17(9(2)3)11-8-10(14)15-12(16-11)13(4,5)6/h8-9H,7H2,1-6H3,(H2,14,15,16). The molecule has 4 heteroatoms. The zero-order valence-electron chi connectivity index (χ0n) is 11.8. The number of hydrogen-bond donors (Lipinski definition) is 1. The first kappa shape index (κ1) is 13.7. The second kappa shape index (κ2) is 4.90. The molecular weight excluding hydrogens is 212 g/mol. The third-order valence-electron chi connectivity index (χ3n) is 2.66. The monoisotopic (exact) mass is 236 g/mol. The average Bonchev–Trinajstić information content (AvgIpc) is 2.15. The van der Waals surface area contributed by atoms with Gasteiger partial charge in [-0.05, 0) is 20.8 Å². The van der Waals surface area contributed by atoms with E-state index >= 15 is 0 Å². The molecule has 4 nitrogen and oxygen atoms in total. The van der Waals surface area contributed by atoms with Gasteiger partial charge in [0.2, 0.25) is 0 Å². The second-order valence-corrected chi connectivity index (χ2v) is 5.60. The van der Waals surface area contributed by atoms with E-state index in [1.807, 2.05) is 6.07 Å². The summed E-state index contributed by atoms with van der Waals surface area (Å²) in [6.07, 6.45) is 0. The molecule has 0 unspecified atom stereocenters. The van der Waals surface area contributed by atoms with Crippen LogP contribution in [-0.2, 0) is 5.41 Å². The molecule has 1 heterocycles. The summed E-state index contributed by atoms with van der Waals surface area (Å²) < 4.78 is 0. The molecule has 0 radical (unpaired) electrons. The van der Waals surface area contributed by atoms with Crippen molar-refractivity contribution in [2.75, 3.05) is 17.2 Å². The SMILES string of the molecule is CCN(c1cc(N)nc(C(C)(C)C)n1)C(C)C. The summed E-state index contributed by atoms with van der Waals surface area (Å²) in [7, 11) is 0. The fourth-order valence-corrected chi connectivity index (χ4v) is 1.73. The van der Waals surface area contributed by atoms with Crippen LogP contribution >= 0.6 is 0 Å². The fourth-order valence-electron chi connectivity index (χ4n) is 1.73. The lowest BCUT2D eigenvalue weighted by molar-refractivity contribution is 0.543. The van der Waals surface area contributed by atoms with E-state index in [1.165, 1.54) is 0 Å². The van der Waals surface area contributed by atoms with E-state index in [1.54, 1.807) is 0 Å². The van der Waals surface area contributed by atoms with Crippen LogP contribution < -0.4 is 10.6 Å². The highest BCUT2D eigenvalue weighted by molar-refractivity contribution is 5.48. The van der Waals surface area contributed by atoms with Gasteiger partial charge in [0, 0.05) is 24.1 Å². The summed E-state index contributed by atoms with van der Waals surface area (Å²) in [4.78, 5) is 11.2. The molecule has 96 valence electrons. The lowest BCUT2D eigenvalue weighted by atomic mass is 9.96. The Morgan fingerprint density at radius 1 is 1.29 bits per heavy atom. The van der Waals surface area contributed by atoms with Crippen LogP contribution in [0.25, 0.3) is 0 Å². The van der Waals surface area contributed by atoms with Crippen molar-refractivity contribution in [2.24, 2.45) is 0 Å². The number of nitrogens with two attached hydrogens (primary N) is 1. The largest absolute Gasteiger partial charge is 0.384 e. The van der Waals surface area contributed by atoms with Gasteiger partial charge in [-0.2, -0.15) is 0 Å². The predicted octanol–water partition coefficient (Wildman–Crippen LogP) is 2.59. The molecule has 17 heavy (non-hydrogen) atoms. The minimum atomic E-state index is -0.0828. The van der Waals surface area contributed by atoms with Gasteiger partial charge in [0.05, 0.1) is 0 Å². The fraction of sp³-hybridized carbons (Fsp3) is 0.692. The normalized spacial score (nSPS) is 11.9. The minimum absolute atomic E-state index is 0.0828. The Balaban J connectivity index is 3.21. The Bertz CT molecular complexity index is 379. The van der Waals surface area contributed by atoms with Crippen molar-refractivity contribution in [2.45, 2.75) is 53.0 Å². The molecule has 0 aromatic carbocycles. The summed E-state index contributed by atoms with van der Waals surface area (Å²) >= 11 is 0. The quantitative estimate of drug-likeness (QED) is 0.876. The second-order valence-electron chi connectivity index (χ2n) is 5.60. The molecule has 0 amide bonds. The number of anilines is 2. The van der Waals surface area contributed by atoms with Crippen LogP contribution in [0, 0.1) is 0 Å². The van der Waals surface area contributed by atoms with Crippen LogP contribution in [0.4, 0.5) is 11.6 Å². The van der Waals surface area contributed by atoms with Crippen LogP contribution in [0.1, 0.15) is 47.4 Å². The first-order valence-corrected chi connectivity index (χ1v) is 6.17. The predicted molar refractivity (Wildman–Crippen MR) is 73.3 cm³/mol. The lowest BCUT2D eigenvalue weighted by Gasteiger charge is -2.28. The molecule has 2 N–H and O–H groups in total. The smallest absolute Gasteiger partial charge is 0.138 e. The van der Waals surface area contributed by atoms with Crippen molar-refractivity contribution in [3.8, 4) is 0 Å².